The second-order valence-corrected chi connectivity index (χ2v) is 2.69. The number of rotatable bonds is 0. The van der Waals surface area contributed by atoms with Crippen LogP contribution in [0.2, 0.25) is 0 Å². The first-order valence-corrected chi connectivity index (χ1v) is 4.05. The number of tetrazole rings is 1. The van der Waals surface area contributed by atoms with Crippen molar-refractivity contribution in [2.24, 2.45) is 7.05 Å². The summed E-state index contributed by atoms with van der Waals surface area (Å²) in [4.78, 5) is 0. The molecule has 0 N–H and O–H groups in total. The second kappa shape index (κ2) is 5.84. The number of hydrogen-bond donors (Lipinski definition) is 0. The SMILES string of the molecule is C.Cc1nnc(C)o1.Cc1nnnn1C. The summed E-state index contributed by atoms with van der Waals surface area (Å²) in [5.41, 5.74) is 0. The molecule has 15 heavy (non-hydrogen) atoms. The van der Waals surface area contributed by atoms with Crippen molar-refractivity contribution >= 4 is 0 Å². The Kier molecular flexibility index (Phi) is 5.14. The minimum atomic E-state index is 0. The highest BCUT2D eigenvalue weighted by molar-refractivity contribution is 4.72. The van der Waals surface area contributed by atoms with Gasteiger partial charge in [-0.2, -0.15) is 0 Å². The molecular formula is C8H16N6O. The Hall–Kier alpha value is -1.79. The predicted octanol–water partition coefficient (Wildman–Crippen LogP) is 0.841. The molecule has 0 aliphatic rings. The van der Waals surface area contributed by atoms with Gasteiger partial charge < -0.3 is 4.42 Å². The van der Waals surface area contributed by atoms with Crippen molar-refractivity contribution in [2.45, 2.75) is 28.2 Å². The first-order chi connectivity index (χ1) is 6.59. The van der Waals surface area contributed by atoms with E-state index in [0.29, 0.717) is 11.8 Å². The van der Waals surface area contributed by atoms with Crippen molar-refractivity contribution in [1.29, 1.82) is 0 Å². The van der Waals surface area contributed by atoms with Crippen LogP contribution in [0.3, 0.4) is 0 Å². The van der Waals surface area contributed by atoms with E-state index in [1.165, 1.54) is 0 Å². The molecule has 0 atom stereocenters. The van der Waals surface area contributed by atoms with Crippen LogP contribution in [0.4, 0.5) is 0 Å². The molecule has 0 fully saturated rings. The fourth-order valence-corrected chi connectivity index (χ4v) is 0.670. The fourth-order valence-electron chi connectivity index (χ4n) is 0.670. The van der Waals surface area contributed by atoms with Crippen molar-refractivity contribution in [3.63, 3.8) is 0 Å². The Morgan fingerprint density at radius 2 is 1.53 bits per heavy atom. The average molecular weight is 212 g/mol. The normalized spacial score (nSPS) is 8.80. The zero-order chi connectivity index (χ0) is 10.6. The van der Waals surface area contributed by atoms with E-state index in [1.807, 2.05) is 6.92 Å². The molecule has 0 aromatic carbocycles. The van der Waals surface area contributed by atoms with Gasteiger partial charge in [0.25, 0.3) is 0 Å². The minimum Gasteiger partial charge on any atom is -0.426 e. The van der Waals surface area contributed by atoms with Gasteiger partial charge in [0, 0.05) is 20.9 Å². The number of hydrogen-bond acceptors (Lipinski definition) is 6. The smallest absolute Gasteiger partial charge is 0.213 e. The molecule has 0 saturated carbocycles. The Bertz CT molecular complexity index is 360. The molecule has 0 spiro atoms. The minimum absolute atomic E-state index is 0. The van der Waals surface area contributed by atoms with Crippen LogP contribution in [-0.4, -0.2) is 30.4 Å². The summed E-state index contributed by atoms with van der Waals surface area (Å²) in [5, 5.41) is 17.8. The molecule has 0 saturated heterocycles. The number of aryl methyl sites for hydroxylation is 4. The highest BCUT2D eigenvalue weighted by Crippen LogP contribution is 1.92. The summed E-state index contributed by atoms with van der Waals surface area (Å²) in [7, 11) is 1.80. The molecule has 2 aromatic heterocycles. The van der Waals surface area contributed by atoms with Crippen molar-refractivity contribution in [3.8, 4) is 0 Å². The number of aromatic nitrogens is 6. The van der Waals surface area contributed by atoms with E-state index < -0.39 is 0 Å². The quantitative estimate of drug-likeness (QED) is 0.643. The fraction of sp³-hybridized carbons (Fsp3) is 0.625. The first-order valence-electron chi connectivity index (χ1n) is 4.05. The van der Waals surface area contributed by atoms with Crippen molar-refractivity contribution in [3.05, 3.63) is 17.6 Å². The maximum Gasteiger partial charge on any atom is 0.213 e. The Morgan fingerprint density at radius 3 is 1.67 bits per heavy atom. The lowest BCUT2D eigenvalue weighted by molar-refractivity contribution is 0.489. The van der Waals surface area contributed by atoms with Gasteiger partial charge in [-0.1, -0.05) is 7.43 Å². The third kappa shape index (κ3) is 4.30. The van der Waals surface area contributed by atoms with E-state index in [4.69, 9.17) is 4.42 Å². The predicted molar refractivity (Wildman–Crippen MR) is 54.0 cm³/mol. The summed E-state index contributed by atoms with van der Waals surface area (Å²) in [5.74, 6) is 2.08. The van der Waals surface area contributed by atoms with Gasteiger partial charge in [0.1, 0.15) is 5.82 Å². The van der Waals surface area contributed by atoms with E-state index in [-0.39, 0.29) is 7.43 Å². The average Bonchev–Trinajstić information content (AvgIpc) is 2.65. The third-order valence-corrected chi connectivity index (χ3v) is 1.46. The Morgan fingerprint density at radius 1 is 1.00 bits per heavy atom. The van der Waals surface area contributed by atoms with Crippen LogP contribution in [0.25, 0.3) is 0 Å². The van der Waals surface area contributed by atoms with Crippen LogP contribution < -0.4 is 0 Å². The van der Waals surface area contributed by atoms with Gasteiger partial charge in [-0.25, -0.2) is 4.68 Å². The maximum absolute atomic E-state index is 4.86. The molecule has 7 heteroatoms. The molecule has 2 aromatic rings. The van der Waals surface area contributed by atoms with Crippen LogP contribution >= 0.6 is 0 Å². The number of nitrogens with zero attached hydrogens (tertiary/aromatic N) is 6. The van der Waals surface area contributed by atoms with Crippen LogP contribution in [0.15, 0.2) is 4.42 Å². The van der Waals surface area contributed by atoms with Crippen LogP contribution in [0.1, 0.15) is 25.0 Å². The van der Waals surface area contributed by atoms with E-state index >= 15 is 0 Å². The molecule has 0 radical (unpaired) electrons. The van der Waals surface area contributed by atoms with Gasteiger partial charge in [-0.15, -0.1) is 15.3 Å². The molecule has 7 nitrogen and oxygen atoms in total. The molecular weight excluding hydrogens is 196 g/mol. The van der Waals surface area contributed by atoms with Gasteiger partial charge in [0.2, 0.25) is 11.8 Å². The summed E-state index contributed by atoms with van der Waals surface area (Å²) in [6.45, 7) is 5.38. The molecule has 2 heterocycles. The Labute approximate surface area is 88.5 Å². The van der Waals surface area contributed by atoms with E-state index in [0.717, 1.165) is 5.82 Å². The summed E-state index contributed by atoms with van der Waals surface area (Å²) < 4.78 is 6.47. The van der Waals surface area contributed by atoms with Crippen molar-refractivity contribution < 1.29 is 4.42 Å². The van der Waals surface area contributed by atoms with Gasteiger partial charge in [0.05, 0.1) is 0 Å². The van der Waals surface area contributed by atoms with Gasteiger partial charge in [0.15, 0.2) is 0 Å². The second-order valence-electron chi connectivity index (χ2n) is 2.69. The van der Waals surface area contributed by atoms with Gasteiger partial charge in [-0.05, 0) is 17.4 Å². The lowest BCUT2D eigenvalue weighted by Crippen LogP contribution is -1.92. The zero-order valence-electron chi connectivity index (χ0n) is 8.59. The van der Waals surface area contributed by atoms with Crippen molar-refractivity contribution in [1.82, 2.24) is 30.4 Å². The summed E-state index contributed by atoms with van der Waals surface area (Å²) >= 11 is 0. The van der Waals surface area contributed by atoms with Gasteiger partial charge >= 0.3 is 0 Å². The molecule has 0 amide bonds. The van der Waals surface area contributed by atoms with Crippen LogP contribution in [-0.2, 0) is 7.05 Å². The summed E-state index contributed by atoms with van der Waals surface area (Å²) in [6.07, 6.45) is 0. The molecule has 0 unspecified atom stereocenters. The Balaban J connectivity index is 0.000000245. The molecule has 84 valence electrons. The van der Waals surface area contributed by atoms with E-state index in [2.05, 4.69) is 25.7 Å². The lowest BCUT2D eigenvalue weighted by Gasteiger charge is -1.81. The largest absolute Gasteiger partial charge is 0.426 e. The van der Waals surface area contributed by atoms with Gasteiger partial charge in [-0.3, -0.25) is 0 Å². The zero-order valence-corrected chi connectivity index (χ0v) is 8.59. The van der Waals surface area contributed by atoms with Crippen LogP contribution in [0, 0.1) is 20.8 Å². The monoisotopic (exact) mass is 212 g/mol. The molecule has 0 bridgehead atoms. The van der Waals surface area contributed by atoms with E-state index in [9.17, 15) is 0 Å². The topological polar surface area (TPSA) is 82.5 Å². The molecule has 2 rings (SSSR count). The highest BCUT2D eigenvalue weighted by Gasteiger charge is 1.89. The maximum atomic E-state index is 4.86. The lowest BCUT2D eigenvalue weighted by atomic mass is 10.7. The van der Waals surface area contributed by atoms with Crippen LogP contribution in [0.5, 0.6) is 0 Å². The molecule has 0 aliphatic heterocycles. The molecule has 0 aliphatic carbocycles. The van der Waals surface area contributed by atoms with Crippen molar-refractivity contribution in [2.75, 3.05) is 0 Å². The van der Waals surface area contributed by atoms with E-state index in [1.54, 1.807) is 25.6 Å². The summed E-state index contributed by atoms with van der Waals surface area (Å²) in [6, 6.07) is 0. The first kappa shape index (κ1) is 13.2. The highest BCUT2D eigenvalue weighted by atomic mass is 16.4. The standard InChI is InChI=1S/C4H6N2O.C3H6N4.CH4/c1-3-5-6-4(2)7-3;1-3-4-5-6-7(3)2;/h2*1-2H3;1H4. The third-order valence-electron chi connectivity index (χ3n) is 1.46.